The summed E-state index contributed by atoms with van der Waals surface area (Å²) in [6.45, 7) is 6.28. The molecule has 0 saturated heterocycles. The smallest absolute Gasteiger partial charge is 0.191 e. The molecular weight excluding hydrogens is 293 g/mol. The second-order valence-electron chi connectivity index (χ2n) is 6.34. The van der Waals surface area contributed by atoms with E-state index in [0.29, 0.717) is 13.2 Å². The molecule has 1 saturated carbocycles. The van der Waals surface area contributed by atoms with E-state index >= 15 is 0 Å². The fourth-order valence-corrected chi connectivity index (χ4v) is 3.02. The summed E-state index contributed by atoms with van der Waals surface area (Å²) in [4.78, 5) is 4.77. The van der Waals surface area contributed by atoms with Gasteiger partial charge in [0.1, 0.15) is 5.82 Å². The summed E-state index contributed by atoms with van der Waals surface area (Å²) < 4.78 is 18.3. The van der Waals surface area contributed by atoms with E-state index in [1.54, 1.807) is 19.2 Å². The zero-order chi connectivity index (χ0) is 16.7. The molecule has 1 unspecified atom stereocenters. The summed E-state index contributed by atoms with van der Waals surface area (Å²) in [6.07, 6.45) is 3.42. The van der Waals surface area contributed by atoms with Crippen LogP contribution in [0.5, 0.6) is 0 Å². The lowest BCUT2D eigenvalue weighted by Gasteiger charge is -2.41. The number of rotatable bonds is 7. The number of nitrogens with one attached hydrogen (secondary N) is 2. The molecule has 4 nitrogen and oxygen atoms in total. The van der Waals surface area contributed by atoms with E-state index in [2.05, 4.69) is 24.5 Å². The fourth-order valence-electron chi connectivity index (χ4n) is 3.02. The molecule has 23 heavy (non-hydrogen) atoms. The van der Waals surface area contributed by atoms with E-state index in [1.807, 2.05) is 12.1 Å². The molecule has 0 bridgehead atoms. The number of halogens is 1. The van der Waals surface area contributed by atoms with Crippen LogP contribution in [0, 0.1) is 5.82 Å². The van der Waals surface area contributed by atoms with Gasteiger partial charge in [-0.2, -0.15) is 0 Å². The van der Waals surface area contributed by atoms with E-state index in [9.17, 15) is 4.39 Å². The summed E-state index contributed by atoms with van der Waals surface area (Å²) >= 11 is 0. The van der Waals surface area contributed by atoms with Crippen molar-refractivity contribution in [2.75, 3.05) is 26.8 Å². The highest BCUT2D eigenvalue weighted by Gasteiger charge is 2.38. The molecule has 1 atom stereocenters. The Balaban J connectivity index is 2.07. The van der Waals surface area contributed by atoms with Gasteiger partial charge in [0.25, 0.3) is 0 Å². The molecular formula is C18H28FN3O. The van der Waals surface area contributed by atoms with Crippen molar-refractivity contribution in [2.45, 2.75) is 44.6 Å². The Morgan fingerprint density at radius 3 is 2.57 bits per heavy atom. The van der Waals surface area contributed by atoms with Gasteiger partial charge in [0, 0.05) is 25.1 Å². The molecule has 1 aliphatic rings. The highest BCUT2D eigenvalue weighted by molar-refractivity contribution is 5.80. The monoisotopic (exact) mass is 321 g/mol. The van der Waals surface area contributed by atoms with Gasteiger partial charge in [-0.1, -0.05) is 18.6 Å². The van der Waals surface area contributed by atoms with Gasteiger partial charge in [0.15, 0.2) is 5.96 Å². The Morgan fingerprint density at radius 2 is 2.04 bits per heavy atom. The number of hydrogen-bond donors (Lipinski definition) is 2. The fraction of sp³-hybridized carbons (Fsp3) is 0.611. The molecule has 5 heteroatoms. The standard InChI is InChI=1S/C18H28FN3O/c1-4-20-17(22-14(2)12-23-3)21-13-18(10-5-11-18)15-6-8-16(19)9-7-15/h6-9,14H,4-5,10-13H2,1-3H3,(H2,20,21,22). The predicted octanol–water partition coefficient (Wildman–Crippen LogP) is 2.84. The molecule has 1 aromatic carbocycles. The van der Waals surface area contributed by atoms with Crippen LogP contribution in [0.15, 0.2) is 29.3 Å². The average Bonchev–Trinajstić information content (AvgIpc) is 2.48. The van der Waals surface area contributed by atoms with Crippen molar-refractivity contribution in [3.05, 3.63) is 35.6 Å². The first-order chi connectivity index (χ1) is 11.1. The van der Waals surface area contributed by atoms with E-state index in [4.69, 9.17) is 9.73 Å². The molecule has 1 fully saturated rings. The molecule has 1 aromatic rings. The summed E-state index contributed by atoms with van der Waals surface area (Å²) in [5.74, 6) is 0.626. The van der Waals surface area contributed by atoms with E-state index < -0.39 is 0 Å². The van der Waals surface area contributed by atoms with Crippen LogP contribution in [0.2, 0.25) is 0 Å². The van der Waals surface area contributed by atoms with Gasteiger partial charge < -0.3 is 15.4 Å². The molecule has 0 heterocycles. The van der Waals surface area contributed by atoms with Crippen LogP contribution in [0.25, 0.3) is 0 Å². The van der Waals surface area contributed by atoms with Crippen molar-refractivity contribution in [2.24, 2.45) is 4.99 Å². The Bertz CT molecular complexity index is 512. The largest absolute Gasteiger partial charge is 0.383 e. The number of benzene rings is 1. The van der Waals surface area contributed by atoms with Crippen LogP contribution in [0.3, 0.4) is 0 Å². The minimum absolute atomic E-state index is 0.0561. The average molecular weight is 321 g/mol. The highest BCUT2D eigenvalue weighted by Crippen LogP contribution is 2.44. The minimum Gasteiger partial charge on any atom is -0.383 e. The van der Waals surface area contributed by atoms with Gasteiger partial charge in [-0.3, -0.25) is 4.99 Å². The lowest BCUT2D eigenvalue weighted by Crippen LogP contribution is -2.45. The Labute approximate surface area is 138 Å². The number of methoxy groups -OCH3 is 1. The van der Waals surface area contributed by atoms with Gasteiger partial charge in [-0.15, -0.1) is 0 Å². The van der Waals surface area contributed by atoms with Crippen molar-refractivity contribution in [1.82, 2.24) is 10.6 Å². The van der Waals surface area contributed by atoms with Gasteiger partial charge in [-0.05, 0) is 44.4 Å². The first kappa shape index (κ1) is 17.7. The van der Waals surface area contributed by atoms with Crippen molar-refractivity contribution < 1.29 is 9.13 Å². The quantitative estimate of drug-likeness (QED) is 0.600. The molecule has 1 aliphatic carbocycles. The van der Waals surface area contributed by atoms with Crippen molar-refractivity contribution in [3.8, 4) is 0 Å². The topological polar surface area (TPSA) is 45.7 Å². The second-order valence-corrected chi connectivity index (χ2v) is 6.34. The summed E-state index contributed by atoms with van der Waals surface area (Å²) in [7, 11) is 1.69. The lowest BCUT2D eigenvalue weighted by atomic mass is 9.64. The summed E-state index contributed by atoms with van der Waals surface area (Å²) in [5.41, 5.74) is 1.25. The molecule has 0 spiro atoms. The Hall–Kier alpha value is -1.62. The van der Waals surface area contributed by atoms with E-state index in [1.165, 1.54) is 12.0 Å². The Kier molecular flexibility index (Phi) is 6.39. The van der Waals surface area contributed by atoms with Crippen molar-refractivity contribution in [1.29, 1.82) is 0 Å². The van der Waals surface area contributed by atoms with Crippen LogP contribution in [-0.2, 0) is 10.2 Å². The summed E-state index contributed by atoms with van der Waals surface area (Å²) in [5, 5.41) is 6.63. The maximum absolute atomic E-state index is 13.2. The summed E-state index contributed by atoms with van der Waals surface area (Å²) in [6, 6.07) is 7.09. The van der Waals surface area contributed by atoms with E-state index in [-0.39, 0.29) is 17.3 Å². The zero-order valence-corrected chi connectivity index (χ0v) is 14.4. The maximum atomic E-state index is 13.2. The van der Waals surface area contributed by atoms with Crippen LogP contribution in [0.4, 0.5) is 4.39 Å². The van der Waals surface area contributed by atoms with Crippen LogP contribution in [-0.4, -0.2) is 38.8 Å². The molecule has 0 amide bonds. The zero-order valence-electron chi connectivity index (χ0n) is 14.4. The minimum atomic E-state index is -0.185. The SMILES string of the molecule is CCNC(=NCC1(c2ccc(F)cc2)CCC1)NC(C)COC. The first-order valence-electron chi connectivity index (χ1n) is 8.39. The molecule has 128 valence electrons. The third-order valence-electron chi connectivity index (χ3n) is 4.45. The normalized spacial score (nSPS) is 18.2. The molecule has 0 radical (unpaired) electrons. The first-order valence-corrected chi connectivity index (χ1v) is 8.39. The molecule has 2 rings (SSSR count). The van der Waals surface area contributed by atoms with Crippen LogP contribution >= 0.6 is 0 Å². The molecule has 0 aliphatic heterocycles. The lowest BCUT2D eigenvalue weighted by molar-refractivity contribution is 0.179. The number of ether oxygens (including phenoxy) is 1. The van der Waals surface area contributed by atoms with Gasteiger partial charge >= 0.3 is 0 Å². The molecule has 0 aromatic heterocycles. The van der Waals surface area contributed by atoms with Crippen LogP contribution in [0.1, 0.15) is 38.7 Å². The van der Waals surface area contributed by atoms with Gasteiger partial charge in [0.05, 0.1) is 13.2 Å². The second kappa shape index (κ2) is 8.29. The van der Waals surface area contributed by atoms with Crippen molar-refractivity contribution in [3.63, 3.8) is 0 Å². The number of aliphatic imine (C=N–C) groups is 1. The Morgan fingerprint density at radius 1 is 1.35 bits per heavy atom. The van der Waals surface area contributed by atoms with E-state index in [0.717, 1.165) is 25.3 Å². The van der Waals surface area contributed by atoms with Crippen LogP contribution < -0.4 is 10.6 Å². The van der Waals surface area contributed by atoms with Gasteiger partial charge in [0.2, 0.25) is 0 Å². The number of hydrogen-bond acceptors (Lipinski definition) is 2. The molecule has 2 N–H and O–H groups in total. The third-order valence-corrected chi connectivity index (χ3v) is 4.45. The maximum Gasteiger partial charge on any atom is 0.191 e. The number of nitrogens with zero attached hydrogens (tertiary/aromatic N) is 1. The third kappa shape index (κ3) is 4.67. The van der Waals surface area contributed by atoms with Crippen molar-refractivity contribution >= 4 is 5.96 Å². The predicted molar refractivity (Wildman–Crippen MR) is 92.4 cm³/mol. The number of guanidine groups is 1. The highest BCUT2D eigenvalue weighted by atomic mass is 19.1. The van der Waals surface area contributed by atoms with Gasteiger partial charge in [-0.25, -0.2) is 4.39 Å².